The number of aromatic nitrogens is 3. The van der Waals surface area contributed by atoms with Crippen molar-refractivity contribution in [2.45, 2.75) is 39.2 Å². The molecule has 1 aliphatic carbocycles. The molecule has 1 aliphatic rings. The molecule has 2 N–H and O–H groups in total. The summed E-state index contributed by atoms with van der Waals surface area (Å²) in [6.45, 7) is 2.81. The third-order valence-electron chi connectivity index (χ3n) is 3.88. The summed E-state index contributed by atoms with van der Waals surface area (Å²) in [6.07, 6.45) is 6.42. The molecule has 0 spiro atoms. The molecular weight excluding hydrogens is 268 g/mol. The van der Waals surface area contributed by atoms with Crippen molar-refractivity contribution in [2.75, 3.05) is 0 Å². The molecule has 0 aromatic carbocycles. The number of thiocarbonyl (C=S) groups is 1. The Morgan fingerprint density at radius 2 is 2.20 bits per heavy atom. The zero-order chi connectivity index (χ0) is 14.1. The molecule has 2 aromatic heterocycles. The summed E-state index contributed by atoms with van der Waals surface area (Å²) in [7, 11) is 0. The monoisotopic (exact) mass is 286 g/mol. The largest absolute Gasteiger partial charge is 0.388 e. The van der Waals surface area contributed by atoms with Gasteiger partial charge in [0.25, 0.3) is 0 Å². The molecular formula is C15H18N4S. The molecule has 2 heterocycles. The Morgan fingerprint density at radius 3 is 3.00 bits per heavy atom. The molecule has 0 fully saturated rings. The molecule has 0 radical (unpaired) electrons. The Morgan fingerprint density at radius 1 is 1.40 bits per heavy atom. The zero-order valence-corrected chi connectivity index (χ0v) is 12.4. The summed E-state index contributed by atoms with van der Waals surface area (Å²) in [5.41, 5.74) is 10.2. The van der Waals surface area contributed by atoms with E-state index in [9.17, 15) is 0 Å². The highest BCUT2D eigenvalue weighted by Crippen LogP contribution is 2.23. The van der Waals surface area contributed by atoms with Crippen molar-refractivity contribution in [1.82, 2.24) is 14.5 Å². The average molecular weight is 286 g/mol. The smallest absolute Gasteiger partial charge is 0.123 e. The van der Waals surface area contributed by atoms with Gasteiger partial charge in [-0.05, 0) is 38.7 Å². The molecule has 104 valence electrons. The Labute approximate surface area is 124 Å². The third kappa shape index (κ3) is 2.33. The first kappa shape index (κ1) is 13.2. The van der Waals surface area contributed by atoms with E-state index in [2.05, 4.69) is 16.5 Å². The summed E-state index contributed by atoms with van der Waals surface area (Å²) in [6, 6.07) is 3.96. The highest BCUT2D eigenvalue weighted by Gasteiger charge is 2.19. The second kappa shape index (κ2) is 5.32. The van der Waals surface area contributed by atoms with E-state index in [4.69, 9.17) is 22.9 Å². The Bertz CT molecular complexity index is 660. The topological polar surface area (TPSA) is 56.7 Å². The number of hydrogen-bond donors (Lipinski definition) is 1. The van der Waals surface area contributed by atoms with Crippen LogP contribution in [-0.2, 0) is 19.4 Å². The van der Waals surface area contributed by atoms with Gasteiger partial charge in [0.1, 0.15) is 16.5 Å². The van der Waals surface area contributed by atoms with Crippen LogP contribution in [0.25, 0.3) is 0 Å². The standard InChI is InChI=1S/C15H18N4S/c1-10-18-12-6-2-3-7-13(12)19(10)9-11-5-4-8-17-14(11)15(16)20/h4-5,8H,2-3,6-7,9H2,1H3,(H2,16,20). The minimum Gasteiger partial charge on any atom is -0.388 e. The fraction of sp³-hybridized carbons (Fsp3) is 0.400. The number of nitrogens with two attached hydrogens (primary N) is 1. The molecule has 4 nitrogen and oxygen atoms in total. The van der Waals surface area contributed by atoms with Crippen molar-refractivity contribution in [1.29, 1.82) is 0 Å². The summed E-state index contributed by atoms with van der Waals surface area (Å²) in [5.74, 6) is 1.06. The van der Waals surface area contributed by atoms with E-state index >= 15 is 0 Å². The second-order valence-electron chi connectivity index (χ2n) is 5.22. The quantitative estimate of drug-likeness (QED) is 0.878. The van der Waals surface area contributed by atoms with Gasteiger partial charge in [-0.3, -0.25) is 4.98 Å². The number of fused-ring (bicyclic) bond motifs is 1. The molecule has 0 saturated heterocycles. The third-order valence-corrected chi connectivity index (χ3v) is 4.07. The van der Waals surface area contributed by atoms with Crippen LogP contribution in [-0.4, -0.2) is 19.5 Å². The van der Waals surface area contributed by atoms with Gasteiger partial charge in [0.15, 0.2) is 0 Å². The van der Waals surface area contributed by atoms with Crippen LogP contribution in [0.2, 0.25) is 0 Å². The van der Waals surface area contributed by atoms with E-state index in [1.54, 1.807) is 6.20 Å². The fourth-order valence-electron chi connectivity index (χ4n) is 2.90. The zero-order valence-electron chi connectivity index (χ0n) is 11.6. The summed E-state index contributed by atoms with van der Waals surface area (Å²) < 4.78 is 2.28. The van der Waals surface area contributed by atoms with E-state index in [0.717, 1.165) is 36.5 Å². The second-order valence-corrected chi connectivity index (χ2v) is 5.66. The number of aryl methyl sites for hydroxylation is 2. The van der Waals surface area contributed by atoms with Gasteiger partial charge in [-0.1, -0.05) is 18.3 Å². The number of imidazole rings is 1. The van der Waals surface area contributed by atoms with Gasteiger partial charge in [-0.25, -0.2) is 4.98 Å². The van der Waals surface area contributed by atoms with Crippen molar-refractivity contribution >= 4 is 17.2 Å². The van der Waals surface area contributed by atoms with E-state index < -0.39 is 0 Å². The normalized spacial score (nSPS) is 14.1. The lowest BCUT2D eigenvalue weighted by atomic mass is 10.0. The lowest BCUT2D eigenvalue weighted by Gasteiger charge is -2.16. The molecule has 5 heteroatoms. The maximum Gasteiger partial charge on any atom is 0.123 e. The van der Waals surface area contributed by atoms with Crippen LogP contribution in [0.1, 0.15) is 41.3 Å². The van der Waals surface area contributed by atoms with Crippen LogP contribution in [0, 0.1) is 6.92 Å². The molecule has 0 atom stereocenters. The first-order chi connectivity index (χ1) is 9.66. The molecule has 0 bridgehead atoms. The molecule has 0 aliphatic heterocycles. The van der Waals surface area contributed by atoms with Gasteiger partial charge in [0.2, 0.25) is 0 Å². The van der Waals surface area contributed by atoms with Crippen molar-refractivity contribution in [3.05, 3.63) is 46.8 Å². The van der Waals surface area contributed by atoms with Crippen LogP contribution < -0.4 is 5.73 Å². The van der Waals surface area contributed by atoms with E-state index in [1.165, 1.54) is 24.2 Å². The molecule has 3 rings (SSSR count). The summed E-state index contributed by atoms with van der Waals surface area (Å²) in [4.78, 5) is 9.35. The van der Waals surface area contributed by atoms with Crippen molar-refractivity contribution in [2.24, 2.45) is 5.73 Å². The SMILES string of the molecule is Cc1nc2c(n1Cc1cccnc1C(N)=S)CCCC2. The predicted octanol–water partition coefficient (Wildman–Crippen LogP) is 2.15. The Hall–Kier alpha value is -1.75. The Kier molecular flexibility index (Phi) is 3.53. The van der Waals surface area contributed by atoms with E-state index in [-0.39, 0.29) is 0 Å². The predicted molar refractivity (Wildman–Crippen MR) is 82.8 cm³/mol. The van der Waals surface area contributed by atoms with Crippen LogP contribution in [0.5, 0.6) is 0 Å². The summed E-state index contributed by atoms with van der Waals surface area (Å²) >= 11 is 5.09. The minimum absolute atomic E-state index is 0.354. The molecule has 2 aromatic rings. The molecule has 0 unspecified atom stereocenters. The first-order valence-electron chi connectivity index (χ1n) is 6.95. The van der Waals surface area contributed by atoms with E-state index in [0.29, 0.717) is 4.99 Å². The molecule has 0 saturated carbocycles. The number of rotatable bonds is 3. The van der Waals surface area contributed by atoms with Gasteiger partial charge in [-0.15, -0.1) is 0 Å². The van der Waals surface area contributed by atoms with Gasteiger partial charge in [0.05, 0.1) is 12.2 Å². The fourth-order valence-corrected chi connectivity index (χ4v) is 3.09. The number of nitrogens with zero attached hydrogens (tertiary/aromatic N) is 3. The van der Waals surface area contributed by atoms with Crippen LogP contribution in [0.4, 0.5) is 0 Å². The van der Waals surface area contributed by atoms with Gasteiger partial charge < -0.3 is 10.3 Å². The average Bonchev–Trinajstić information content (AvgIpc) is 2.76. The highest BCUT2D eigenvalue weighted by molar-refractivity contribution is 7.80. The number of hydrogen-bond acceptors (Lipinski definition) is 3. The highest BCUT2D eigenvalue weighted by atomic mass is 32.1. The van der Waals surface area contributed by atoms with Crippen LogP contribution in [0.15, 0.2) is 18.3 Å². The summed E-state index contributed by atoms with van der Waals surface area (Å²) in [5, 5.41) is 0. The lowest BCUT2D eigenvalue weighted by molar-refractivity contribution is 0.623. The Balaban J connectivity index is 2.00. The van der Waals surface area contributed by atoms with Crippen molar-refractivity contribution in [3.63, 3.8) is 0 Å². The molecule has 20 heavy (non-hydrogen) atoms. The van der Waals surface area contributed by atoms with Gasteiger partial charge >= 0.3 is 0 Å². The number of pyridine rings is 1. The van der Waals surface area contributed by atoms with Crippen molar-refractivity contribution < 1.29 is 0 Å². The van der Waals surface area contributed by atoms with Crippen LogP contribution >= 0.6 is 12.2 Å². The maximum absolute atomic E-state index is 5.76. The lowest BCUT2D eigenvalue weighted by Crippen LogP contribution is -2.17. The molecule has 0 amide bonds. The van der Waals surface area contributed by atoms with Gasteiger partial charge in [-0.2, -0.15) is 0 Å². The van der Waals surface area contributed by atoms with Gasteiger partial charge in [0, 0.05) is 17.5 Å². The van der Waals surface area contributed by atoms with Crippen molar-refractivity contribution in [3.8, 4) is 0 Å². The van der Waals surface area contributed by atoms with Crippen LogP contribution in [0.3, 0.4) is 0 Å². The van der Waals surface area contributed by atoms with E-state index in [1.807, 2.05) is 12.1 Å². The maximum atomic E-state index is 5.76. The minimum atomic E-state index is 0.354. The first-order valence-corrected chi connectivity index (χ1v) is 7.36.